The third kappa shape index (κ3) is 11.4. The van der Waals surface area contributed by atoms with E-state index in [2.05, 4.69) is 10.2 Å². The number of nitrogens with one attached hydrogen (secondary N) is 1. The second-order valence-electron chi connectivity index (χ2n) is 7.06. The summed E-state index contributed by atoms with van der Waals surface area (Å²) in [5.41, 5.74) is 0.875. The lowest BCUT2D eigenvalue weighted by atomic mass is 10.1. The summed E-state index contributed by atoms with van der Waals surface area (Å²) in [7, 11) is 3.31. The van der Waals surface area contributed by atoms with E-state index in [-0.39, 0.29) is 17.6 Å². The second kappa shape index (κ2) is 14.6. The van der Waals surface area contributed by atoms with Crippen molar-refractivity contribution in [2.75, 3.05) is 44.3 Å². The van der Waals surface area contributed by atoms with Crippen LogP contribution in [0.5, 0.6) is 5.75 Å². The standard InChI is InChI=1S/C21H32N2O4S2/c24-19-8-6-18(7-9-19)17-20(25)22-10-15-28-29-16-14-27-21(26)5-4-13-23-11-2-1-3-12-23/h6-9,24H,1-5,10-17H2,(H,22,25). The summed E-state index contributed by atoms with van der Waals surface area (Å²) in [4.78, 5) is 26.0. The zero-order valence-corrected chi connectivity index (χ0v) is 18.6. The summed E-state index contributed by atoms with van der Waals surface area (Å²) in [6.45, 7) is 4.37. The molecule has 0 spiro atoms. The molecule has 2 N–H and O–H groups in total. The van der Waals surface area contributed by atoms with Gasteiger partial charge in [-0.1, -0.05) is 40.1 Å². The fourth-order valence-electron chi connectivity index (χ4n) is 3.10. The number of hydrogen-bond donors (Lipinski definition) is 2. The van der Waals surface area contributed by atoms with Gasteiger partial charge in [0, 0.05) is 24.5 Å². The molecule has 0 unspecified atom stereocenters. The van der Waals surface area contributed by atoms with Gasteiger partial charge in [0.25, 0.3) is 0 Å². The highest BCUT2D eigenvalue weighted by Gasteiger charge is 2.10. The Labute approximate surface area is 181 Å². The fourth-order valence-corrected chi connectivity index (χ4v) is 4.84. The van der Waals surface area contributed by atoms with Crippen molar-refractivity contribution in [3.05, 3.63) is 29.8 Å². The predicted molar refractivity (Wildman–Crippen MR) is 120 cm³/mol. The van der Waals surface area contributed by atoms with Gasteiger partial charge in [-0.15, -0.1) is 0 Å². The summed E-state index contributed by atoms with van der Waals surface area (Å²) in [5.74, 6) is 1.62. The van der Waals surface area contributed by atoms with Crippen molar-refractivity contribution in [2.24, 2.45) is 0 Å². The number of carbonyl (C=O) groups is 2. The van der Waals surface area contributed by atoms with Crippen LogP contribution in [-0.4, -0.2) is 66.2 Å². The Balaban J connectivity index is 1.37. The molecule has 2 rings (SSSR count). The van der Waals surface area contributed by atoms with Gasteiger partial charge in [-0.3, -0.25) is 9.59 Å². The highest BCUT2D eigenvalue weighted by molar-refractivity contribution is 8.76. The zero-order valence-electron chi connectivity index (χ0n) is 16.9. The number of nitrogens with zero attached hydrogens (tertiary/aromatic N) is 1. The maximum atomic E-state index is 11.8. The molecule has 1 fully saturated rings. The number of rotatable bonds is 13. The molecule has 0 aliphatic carbocycles. The van der Waals surface area contributed by atoms with E-state index in [1.807, 2.05) is 0 Å². The van der Waals surface area contributed by atoms with Gasteiger partial charge in [-0.2, -0.15) is 0 Å². The maximum Gasteiger partial charge on any atom is 0.305 e. The SMILES string of the molecule is O=C(Cc1ccc(O)cc1)NCCSSCCOC(=O)CCCN1CCCCC1. The van der Waals surface area contributed by atoms with E-state index in [9.17, 15) is 14.7 Å². The Morgan fingerprint density at radius 3 is 2.55 bits per heavy atom. The van der Waals surface area contributed by atoms with Crippen molar-refractivity contribution in [1.82, 2.24) is 10.2 Å². The number of carbonyl (C=O) groups excluding carboxylic acids is 2. The Morgan fingerprint density at radius 1 is 1.07 bits per heavy atom. The van der Waals surface area contributed by atoms with Crippen molar-refractivity contribution in [1.29, 1.82) is 0 Å². The van der Waals surface area contributed by atoms with Gasteiger partial charge >= 0.3 is 5.97 Å². The molecule has 1 amide bonds. The Bertz CT molecular complexity index is 607. The summed E-state index contributed by atoms with van der Waals surface area (Å²) in [6, 6.07) is 6.65. The fraction of sp³-hybridized carbons (Fsp3) is 0.619. The average molecular weight is 441 g/mol. The van der Waals surface area contributed by atoms with Crippen molar-refractivity contribution < 1.29 is 19.4 Å². The summed E-state index contributed by atoms with van der Waals surface area (Å²) in [6.07, 6.45) is 5.58. The van der Waals surface area contributed by atoms with Gasteiger partial charge in [-0.05, 0) is 56.6 Å². The molecule has 0 atom stereocenters. The molecular formula is C21H32N2O4S2. The smallest absolute Gasteiger partial charge is 0.305 e. The summed E-state index contributed by atoms with van der Waals surface area (Å²) >= 11 is 0. The molecule has 1 heterocycles. The number of amides is 1. The van der Waals surface area contributed by atoms with Crippen molar-refractivity contribution >= 4 is 33.5 Å². The number of hydrogen-bond acceptors (Lipinski definition) is 7. The number of benzene rings is 1. The van der Waals surface area contributed by atoms with E-state index < -0.39 is 0 Å². The number of aromatic hydroxyl groups is 1. The molecule has 0 aromatic heterocycles. The van der Waals surface area contributed by atoms with Gasteiger partial charge in [0.2, 0.25) is 5.91 Å². The van der Waals surface area contributed by atoms with Crippen LogP contribution in [0.15, 0.2) is 24.3 Å². The normalized spacial score (nSPS) is 14.5. The monoisotopic (exact) mass is 440 g/mol. The quantitative estimate of drug-likeness (QED) is 0.277. The summed E-state index contributed by atoms with van der Waals surface area (Å²) in [5, 5.41) is 12.1. The molecule has 6 nitrogen and oxygen atoms in total. The predicted octanol–water partition coefficient (Wildman–Crippen LogP) is 3.24. The van der Waals surface area contributed by atoms with E-state index in [0.29, 0.717) is 26.0 Å². The molecule has 29 heavy (non-hydrogen) atoms. The van der Waals surface area contributed by atoms with Gasteiger partial charge < -0.3 is 20.1 Å². The van der Waals surface area contributed by atoms with Crippen LogP contribution in [0.1, 0.15) is 37.7 Å². The van der Waals surface area contributed by atoms with Crippen LogP contribution >= 0.6 is 21.6 Å². The van der Waals surface area contributed by atoms with Crippen LogP contribution in [0.3, 0.4) is 0 Å². The maximum absolute atomic E-state index is 11.8. The van der Waals surface area contributed by atoms with Gasteiger partial charge in [-0.25, -0.2) is 0 Å². The minimum absolute atomic E-state index is 0.0280. The number of esters is 1. The molecule has 0 radical (unpaired) electrons. The largest absolute Gasteiger partial charge is 0.508 e. The second-order valence-corrected chi connectivity index (χ2v) is 9.77. The Hall–Kier alpha value is -1.38. The molecule has 0 saturated carbocycles. The molecule has 162 valence electrons. The number of likely N-dealkylation sites (tertiary alicyclic amines) is 1. The first-order valence-corrected chi connectivity index (χ1v) is 12.8. The van der Waals surface area contributed by atoms with Crippen molar-refractivity contribution in [3.63, 3.8) is 0 Å². The van der Waals surface area contributed by atoms with Crippen molar-refractivity contribution in [3.8, 4) is 5.75 Å². The Morgan fingerprint density at radius 2 is 1.79 bits per heavy atom. The third-order valence-electron chi connectivity index (χ3n) is 4.63. The van der Waals surface area contributed by atoms with E-state index in [4.69, 9.17) is 4.74 Å². The van der Waals surface area contributed by atoms with E-state index in [0.717, 1.165) is 30.0 Å². The molecule has 1 aromatic rings. The first kappa shape index (κ1) is 23.9. The van der Waals surface area contributed by atoms with Crippen LogP contribution in [0, 0.1) is 0 Å². The zero-order chi connectivity index (χ0) is 20.7. The summed E-state index contributed by atoms with van der Waals surface area (Å²) < 4.78 is 5.27. The van der Waals surface area contributed by atoms with Gasteiger partial charge in [0.05, 0.1) is 6.42 Å². The molecule has 8 heteroatoms. The minimum atomic E-state index is -0.103. The molecule has 1 saturated heterocycles. The number of piperidine rings is 1. The third-order valence-corrected chi connectivity index (χ3v) is 7.00. The van der Waals surface area contributed by atoms with Crippen LogP contribution in [0.4, 0.5) is 0 Å². The molecular weight excluding hydrogens is 408 g/mol. The first-order valence-electron chi connectivity index (χ1n) is 10.3. The molecule has 1 aliphatic heterocycles. The topological polar surface area (TPSA) is 78.9 Å². The average Bonchev–Trinajstić information content (AvgIpc) is 2.72. The van der Waals surface area contributed by atoms with E-state index in [1.165, 1.54) is 32.4 Å². The van der Waals surface area contributed by atoms with Crippen LogP contribution in [-0.2, 0) is 20.7 Å². The first-order chi connectivity index (χ1) is 14.1. The van der Waals surface area contributed by atoms with Crippen molar-refractivity contribution in [2.45, 2.75) is 38.5 Å². The highest BCUT2D eigenvalue weighted by Crippen LogP contribution is 2.20. The number of phenols is 1. The van der Waals surface area contributed by atoms with Gasteiger partial charge in [0.15, 0.2) is 0 Å². The lowest BCUT2D eigenvalue weighted by Gasteiger charge is -2.26. The minimum Gasteiger partial charge on any atom is -0.508 e. The number of phenolic OH excluding ortho intramolecular Hbond substituents is 1. The van der Waals surface area contributed by atoms with Gasteiger partial charge in [0.1, 0.15) is 12.4 Å². The molecule has 0 bridgehead atoms. The van der Waals surface area contributed by atoms with Crippen LogP contribution < -0.4 is 5.32 Å². The Kier molecular flexibility index (Phi) is 12.0. The van der Waals surface area contributed by atoms with Crippen LogP contribution in [0.25, 0.3) is 0 Å². The van der Waals surface area contributed by atoms with E-state index >= 15 is 0 Å². The highest BCUT2D eigenvalue weighted by atomic mass is 33.1. The van der Waals surface area contributed by atoms with E-state index in [1.54, 1.807) is 45.9 Å². The lowest BCUT2D eigenvalue weighted by Crippen LogP contribution is -2.30. The van der Waals surface area contributed by atoms with Crippen LogP contribution in [0.2, 0.25) is 0 Å². The number of ether oxygens (including phenoxy) is 1. The molecule has 1 aromatic carbocycles. The molecule has 1 aliphatic rings. The lowest BCUT2D eigenvalue weighted by molar-refractivity contribution is -0.143.